The van der Waals surface area contributed by atoms with Gasteiger partial charge in [0.1, 0.15) is 0 Å². The number of hydrogen-bond donors (Lipinski definition) is 3. The maximum atomic E-state index is 9.77. The SMILES string of the molecule is CCCCCCCP(O)(O)(O)N(C)CC. The topological polar surface area (TPSA) is 63.9 Å². The molecule has 0 aromatic carbocycles. The van der Waals surface area contributed by atoms with Crippen molar-refractivity contribution in [3.63, 3.8) is 0 Å². The van der Waals surface area contributed by atoms with Crippen LogP contribution < -0.4 is 0 Å². The Kier molecular flexibility index (Phi) is 6.23. The molecule has 3 N–H and O–H groups in total. The van der Waals surface area contributed by atoms with E-state index in [4.69, 9.17) is 0 Å². The molecule has 0 fully saturated rings. The van der Waals surface area contributed by atoms with E-state index in [1.807, 2.05) is 0 Å². The van der Waals surface area contributed by atoms with E-state index in [2.05, 4.69) is 6.92 Å². The Balaban J connectivity index is 3.91. The molecule has 0 saturated carbocycles. The molecule has 0 spiro atoms. The zero-order valence-corrected chi connectivity index (χ0v) is 11.1. The summed E-state index contributed by atoms with van der Waals surface area (Å²) in [5.41, 5.74) is 0. The third-order valence-electron chi connectivity index (χ3n) is 2.82. The third kappa shape index (κ3) is 5.79. The molecule has 15 heavy (non-hydrogen) atoms. The van der Waals surface area contributed by atoms with Crippen LogP contribution in [0.15, 0.2) is 0 Å². The fourth-order valence-corrected chi connectivity index (χ4v) is 3.17. The van der Waals surface area contributed by atoms with Gasteiger partial charge in [-0.05, 0) is 0 Å². The Bertz CT molecular complexity index is 179. The van der Waals surface area contributed by atoms with E-state index < -0.39 is 7.43 Å². The van der Waals surface area contributed by atoms with Crippen LogP contribution in [0, 0.1) is 0 Å². The quantitative estimate of drug-likeness (QED) is 0.448. The van der Waals surface area contributed by atoms with E-state index in [1.165, 1.54) is 11.1 Å². The summed E-state index contributed by atoms with van der Waals surface area (Å²) < 4.78 is 1.27. The molecule has 5 heteroatoms. The monoisotopic (exact) mass is 239 g/mol. The normalized spacial score (nSPS) is 15.3. The van der Waals surface area contributed by atoms with E-state index >= 15 is 0 Å². The van der Waals surface area contributed by atoms with Gasteiger partial charge >= 0.3 is 92.5 Å². The van der Waals surface area contributed by atoms with Crippen molar-refractivity contribution < 1.29 is 14.7 Å². The predicted molar refractivity (Wildman–Crippen MR) is 65.5 cm³/mol. The fourth-order valence-electron chi connectivity index (χ4n) is 1.46. The number of rotatable bonds is 8. The maximum absolute atomic E-state index is 9.77. The minimum absolute atomic E-state index is 0.0969. The molecular formula is C10H26NO3P. The van der Waals surface area contributed by atoms with Crippen molar-refractivity contribution in [2.45, 2.75) is 46.0 Å². The van der Waals surface area contributed by atoms with Crippen LogP contribution in [0.3, 0.4) is 0 Å². The first-order valence-electron chi connectivity index (χ1n) is 5.79. The summed E-state index contributed by atoms with van der Waals surface area (Å²) >= 11 is 0. The molecule has 0 amide bonds. The Morgan fingerprint density at radius 2 is 1.47 bits per heavy atom. The molecule has 94 valence electrons. The van der Waals surface area contributed by atoms with Gasteiger partial charge in [-0.1, -0.05) is 0 Å². The molecule has 0 aliphatic rings. The standard InChI is InChI=1S/C10H26NO3P/c1-4-6-7-8-9-10-15(12,13,14)11(3)5-2/h12-14H,4-10H2,1-3H3. The second-order valence-electron chi connectivity index (χ2n) is 4.21. The molecule has 0 aliphatic carbocycles. The van der Waals surface area contributed by atoms with Gasteiger partial charge in [0.15, 0.2) is 0 Å². The van der Waals surface area contributed by atoms with Crippen LogP contribution in [0.25, 0.3) is 0 Å². The molecule has 0 radical (unpaired) electrons. The average molecular weight is 239 g/mol. The molecule has 0 saturated heterocycles. The van der Waals surface area contributed by atoms with Gasteiger partial charge in [-0.25, -0.2) is 0 Å². The third-order valence-corrected chi connectivity index (χ3v) is 5.62. The summed E-state index contributed by atoms with van der Waals surface area (Å²) in [6.07, 6.45) is 5.15. The van der Waals surface area contributed by atoms with Crippen molar-refractivity contribution in [2.24, 2.45) is 0 Å². The molecule has 0 unspecified atom stereocenters. The summed E-state index contributed by atoms with van der Waals surface area (Å²) in [5.74, 6) is 0. The first-order valence-corrected chi connectivity index (χ1v) is 8.03. The van der Waals surface area contributed by atoms with Gasteiger partial charge in [-0.2, -0.15) is 0 Å². The van der Waals surface area contributed by atoms with Gasteiger partial charge in [-0.3, -0.25) is 0 Å². The van der Waals surface area contributed by atoms with Crippen LogP contribution in [0.2, 0.25) is 0 Å². The van der Waals surface area contributed by atoms with E-state index in [1.54, 1.807) is 14.0 Å². The van der Waals surface area contributed by atoms with Crippen molar-refractivity contribution in [1.29, 1.82) is 0 Å². The second-order valence-corrected chi connectivity index (χ2v) is 7.55. The summed E-state index contributed by atoms with van der Waals surface area (Å²) in [7, 11) is -2.96. The van der Waals surface area contributed by atoms with Gasteiger partial charge in [0.2, 0.25) is 0 Å². The number of hydrogen-bond acceptors (Lipinski definition) is 4. The minimum atomic E-state index is -4.50. The summed E-state index contributed by atoms with van der Waals surface area (Å²) in [5, 5.41) is 0. The fraction of sp³-hybridized carbons (Fsp3) is 1.00. The van der Waals surface area contributed by atoms with Crippen LogP contribution in [-0.4, -0.2) is 39.1 Å². The molecule has 0 aromatic rings. The van der Waals surface area contributed by atoms with Gasteiger partial charge in [0.25, 0.3) is 0 Å². The van der Waals surface area contributed by atoms with E-state index in [9.17, 15) is 14.7 Å². The Morgan fingerprint density at radius 1 is 0.933 bits per heavy atom. The van der Waals surface area contributed by atoms with Gasteiger partial charge < -0.3 is 0 Å². The van der Waals surface area contributed by atoms with Crippen molar-refractivity contribution in [1.82, 2.24) is 4.67 Å². The summed E-state index contributed by atoms with van der Waals surface area (Å²) in [4.78, 5) is 29.3. The molecule has 0 atom stereocenters. The Hall–Kier alpha value is 0.270. The van der Waals surface area contributed by atoms with E-state index in [0.717, 1.165) is 19.3 Å². The number of nitrogens with zero attached hydrogens (tertiary/aromatic N) is 1. The molecule has 0 aromatic heterocycles. The summed E-state index contributed by atoms with van der Waals surface area (Å²) in [6.45, 7) is 4.37. The van der Waals surface area contributed by atoms with Crippen molar-refractivity contribution in [3.8, 4) is 0 Å². The molecule has 0 bridgehead atoms. The first-order chi connectivity index (χ1) is 6.82. The summed E-state index contributed by atoms with van der Waals surface area (Å²) in [6, 6.07) is 0. The van der Waals surface area contributed by atoms with Gasteiger partial charge in [-0.15, -0.1) is 0 Å². The number of unbranched alkanes of at least 4 members (excludes halogenated alkanes) is 4. The molecule has 4 nitrogen and oxygen atoms in total. The first kappa shape index (κ1) is 15.3. The molecule has 0 aliphatic heterocycles. The molecule has 0 rings (SSSR count). The zero-order valence-electron chi connectivity index (χ0n) is 10.2. The van der Waals surface area contributed by atoms with Crippen molar-refractivity contribution in [2.75, 3.05) is 19.8 Å². The average Bonchev–Trinajstić information content (AvgIpc) is 2.15. The Labute approximate surface area is 93.2 Å². The van der Waals surface area contributed by atoms with Crippen LogP contribution in [-0.2, 0) is 0 Å². The Morgan fingerprint density at radius 3 is 1.93 bits per heavy atom. The zero-order chi connectivity index (χ0) is 12.0. The van der Waals surface area contributed by atoms with Crippen molar-refractivity contribution in [3.05, 3.63) is 0 Å². The molecular weight excluding hydrogens is 213 g/mol. The van der Waals surface area contributed by atoms with Gasteiger partial charge in [0, 0.05) is 0 Å². The van der Waals surface area contributed by atoms with Crippen LogP contribution >= 0.6 is 7.43 Å². The van der Waals surface area contributed by atoms with E-state index in [-0.39, 0.29) is 6.16 Å². The second kappa shape index (κ2) is 6.12. The van der Waals surface area contributed by atoms with Crippen LogP contribution in [0.1, 0.15) is 46.0 Å². The molecule has 0 heterocycles. The van der Waals surface area contributed by atoms with Crippen LogP contribution in [0.4, 0.5) is 0 Å². The van der Waals surface area contributed by atoms with Crippen molar-refractivity contribution >= 4 is 7.43 Å². The van der Waals surface area contributed by atoms with E-state index in [0.29, 0.717) is 13.0 Å². The predicted octanol–water partition coefficient (Wildman–Crippen LogP) is 2.10. The van der Waals surface area contributed by atoms with Crippen LogP contribution in [0.5, 0.6) is 0 Å². The van der Waals surface area contributed by atoms with Gasteiger partial charge in [0.05, 0.1) is 0 Å².